The molecule has 0 saturated carbocycles. The second kappa shape index (κ2) is 14.9. The minimum atomic E-state index is -1.68. The van der Waals surface area contributed by atoms with Crippen LogP contribution in [0.1, 0.15) is 59.9 Å². The van der Waals surface area contributed by atoms with Crippen molar-refractivity contribution >= 4 is 52.4 Å². The number of esters is 1. The van der Waals surface area contributed by atoms with E-state index in [1.807, 2.05) is 24.3 Å². The van der Waals surface area contributed by atoms with E-state index in [-0.39, 0.29) is 6.42 Å². The third-order valence-electron chi connectivity index (χ3n) is 7.17. The Labute approximate surface area is 265 Å². The number of H-pyrrole nitrogens is 1. The van der Waals surface area contributed by atoms with Gasteiger partial charge in [0.05, 0.1) is 12.8 Å². The van der Waals surface area contributed by atoms with Gasteiger partial charge in [0.15, 0.2) is 0 Å². The molecule has 1 fully saturated rings. The molecule has 1 aliphatic heterocycles. The van der Waals surface area contributed by atoms with Crippen molar-refractivity contribution in [2.45, 2.75) is 96.6 Å². The second-order valence-electron chi connectivity index (χ2n) is 12.6. The van der Waals surface area contributed by atoms with Crippen molar-refractivity contribution in [1.82, 2.24) is 31.6 Å². The first kappa shape index (κ1) is 35.5. The van der Waals surface area contributed by atoms with Crippen molar-refractivity contribution in [2.24, 2.45) is 5.92 Å². The molecule has 0 aliphatic carbocycles. The number of fused-ring (bicyclic) bond motifs is 1. The molecule has 250 valence electrons. The molecule has 1 saturated heterocycles. The Morgan fingerprint density at radius 1 is 0.804 bits per heavy atom. The van der Waals surface area contributed by atoms with E-state index in [9.17, 15) is 38.7 Å². The van der Waals surface area contributed by atoms with Crippen molar-refractivity contribution in [3.63, 3.8) is 0 Å². The van der Waals surface area contributed by atoms with Gasteiger partial charge in [-0.05, 0) is 45.2 Å². The second-order valence-corrected chi connectivity index (χ2v) is 12.6. The number of aromatic nitrogens is 1. The molecule has 0 unspecified atom stereocenters. The van der Waals surface area contributed by atoms with Gasteiger partial charge in [-0.2, -0.15) is 0 Å². The van der Waals surface area contributed by atoms with Gasteiger partial charge in [-0.15, -0.1) is 0 Å². The van der Waals surface area contributed by atoms with Gasteiger partial charge in [0, 0.05) is 23.5 Å². The van der Waals surface area contributed by atoms with E-state index >= 15 is 0 Å². The summed E-state index contributed by atoms with van der Waals surface area (Å²) in [5, 5.41) is 22.7. The first-order valence-electron chi connectivity index (χ1n) is 15.0. The Kier molecular flexibility index (Phi) is 11.5. The maximum atomic E-state index is 13.8. The highest BCUT2D eigenvalue weighted by Gasteiger charge is 2.36. The number of para-hydroxylation sites is 1. The number of amides is 5. The molecule has 15 nitrogen and oxygen atoms in total. The summed E-state index contributed by atoms with van der Waals surface area (Å²) in [6, 6.07) is 0.323. The molecule has 1 aromatic carbocycles. The van der Waals surface area contributed by atoms with Crippen molar-refractivity contribution in [2.75, 3.05) is 0 Å². The van der Waals surface area contributed by atoms with Crippen LogP contribution in [0.2, 0.25) is 0 Å². The number of ether oxygens (including phenoxy) is 1. The average Bonchev–Trinajstić information content (AvgIpc) is 3.35. The first-order chi connectivity index (χ1) is 21.4. The normalized spacial score (nSPS) is 23.7. The number of carboxylic acids is 1. The lowest BCUT2D eigenvalue weighted by Crippen LogP contribution is -2.59. The number of aromatic amines is 1. The molecule has 5 atom stereocenters. The molecule has 0 radical (unpaired) electrons. The fourth-order valence-electron chi connectivity index (χ4n) is 4.87. The lowest BCUT2D eigenvalue weighted by Gasteiger charge is -2.27. The SMILES string of the molecule is CC(C)[C@H]1NC(=O)[C@H](CC(=O)O)NC(=O)[C@@H](CC(=O)OC(C)(C)C)NC(=O)[C@@H](Cc2c[nH]c3ccccc23)NC(=O)[C@H](C)NC1=O. The number of aliphatic carboxylic acids is 1. The van der Waals surface area contributed by atoms with Crippen LogP contribution in [0, 0.1) is 5.92 Å². The molecular weight excluding hydrogens is 600 g/mol. The van der Waals surface area contributed by atoms with E-state index < -0.39 is 96.0 Å². The van der Waals surface area contributed by atoms with Crippen molar-refractivity contribution in [3.8, 4) is 0 Å². The fourth-order valence-corrected chi connectivity index (χ4v) is 4.87. The van der Waals surface area contributed by atoms with Crippen LogP contribution in [-0.4, -0.2) is 87.4 Å². The van der Waals surface area contributed by atoms with Crippen molar-refractivity contribution in [3.05, 3.63) is 36.0 Å². The highest BCUT2D eigenvalue weighted by molar-refractivity contribution is 5.99. The predicted molar refractivity (Wildman–Crippen MR) is 165 cm³/mol. The molecule has 1 aromatic heterocycles. The fraction of sp³-hybridized carbons (Fsp3) is 0.516. The molecule has 15 heteroatoms. The molecule has 2 heterocycles. The lowest BCUT2D eigenvalue weighted by atomic mass is 10.0. The molecule has 1 aliphatic rings. The average molecular weight is 643 g/mol. The monoisotopic (exact) mass is 642 g/mol. The van der Waals surface area contributed by atoms with Crippen LogP contribution >= 0.6 is 0 Å². The molecule has 3 rings (SSSR count). The van der Waals surface area contributed by atoms with E-state index in [1.165, 1.54) is 6.92 Å². The highest BCUT2D eigenvalue weighted by Crippen LogP contribution is 2.20. The van der Waals surface area contributed by atoms with Gasteiger partial charge in [0.25, 0.3) is 0 Å². The number of carbonyl (C=O) groups is 7. The topological polar surface area (TPSA) is 225 Å². The van der Waals surface area contributed by atoms with Crippen LogP contribution in [-0.2, 0) is 44.7 Å². The predicted octanol–water partition coefficient (Wildman–Crippen LogP) is 0.0304. The summed E-state index contributed by atoms with van der Waals surface area (Å²) in [5.74, 6) is -7.15. The zero-order valence-electron chi connectivity index (χ0n) is 26.7. The van der Waals surface area contributed by atoms with E-state index in [0.717, 1.165) is 10.9 Å². The van der Waals surface area contributed by atoms with Crippen LogP contribution in [0.4, 0.5) is 0 Å². The summed E-state index contributed by atoms with van der Waals surface area (Å²) in [7, 11) is 0. The van der Waals surface area contributed by atoms with E-state index in [2.05, 4.69) is 31.6 Å². The Morgan fingerprint density at radius 3 is 1.98 bits per heavy atom. The molecule has 0 bridgehead atoms. The zero-order chi connectivity index (χ0) is 34.3. The summed E-state index contributed by atoms with van der Waals surface area (Å²) < 4.78 is 5.34. The molecule has 2 aromatic rings. The van der Waals surface area contributed by atoms with Gasteiger partial charge in [-0.25, -0.2) is 0 Å². The van der Waals surface area contributed by atoms with Crippen molar-refractivity contribution < 1.29 is 43.4 Å². The molecule has 46 heavy (non-hydrogen) atoms. The Bertz CT molecular complexity index is 1490. The summed E-state index contributed by atoms with van der Waals surface area (Å²) >= 11 is 0. The van der Waals surface area contributed by atoms with Gasteiger partial charge in [0.1, 0.15) is 35.8 Å². The summed E-state index contributed by atoms with van der Waals surface area (Å²) in [6.45, 7) is 9.50. The number of carbonyl (C=O) groups excluding carboxylic acids is 6. The maximum Gasteiger partial charge on any atom is 0.308 e. The van der Waals surface area contributed by atoms with Crippen LogP contribution in [0.5, 0.6) is 0 Å². The van der Waals surface area contributed by atoms with Gasteiger partial charge in [-0.3, -0.25) is 33.6 Å². The number of rotatable bonds is 7. The minimum absolute atomic E-state index is 0.0423. The first-order valence-corrected chi connectivity index (χ1v) is 15.0. The third kappa shape index (κ3) is 9.78. The molecular formula is C31H42N6O9. The largest absolute Gasteiger partial charge is 0.481 e. The van der Waals surface area contributed by atoms with Crippen LogP contribution in [0.15, 0.2) is 30.5 Å². The van der Waals surface area contributed by atoms with Crippen LogP contribution in [0.25, 0.3) is 10.9 Å². The van der Waals surface area contributed by atoms with Crippen LogP contribution < -0.4 is 26.6 Å². The number of hydrogen-bond acceptors (Lipinski definition) is 8. The smallest absolute Gasteiger partial charge is 0.308 e. The summed E-state index contributed by atoms with van der Waals surface area (Å²) in [6.07, 6.45) is 0.0991. The lowest BCUT2D eigenvalue weighted by molar-refractivity contribution is -0.157. The summed E-state index contributed by atoms with van der Waals surface area (Å²) in [4.78, 5) is 94.6. The number of benzene rings is 1. The standard InChI is InChI=1S/C31H42N6O9/c1-15(2)25-30(45)33-16(3)26(41)34-20(11-17-14-32-19-10-8-7-9-18(17)19)27(42)36-22(13-24(40)46-31(4,5)6)28(43)35-21(12-23(38)39)29(44)37-25/h7-10,14-16,20-22,25,32H,11-13H2,1-6H3,(H,33,45)(H,34,41)(H,35,43)(H,36,42)(H,37,44)(H,38,39)/t16-,20+,21-,22+,25+/m0/s1. The number of nitrogens with one attached hydrogen (secondary N) is 6. The van der Waals surface area contributed by atoms with Crippen molar-refractivity contribution in [1.29, 1.82) is 0 Å². The zero-order valence-corrected chi connectivity index (χ0v) is 26.7. The minimum Gasteiger partial charge on any atom is -0.481 e. The molecule has 5 amide bonds. The quantitative estimate of drug-likeness (QED) is 0.202. The summed E-state index contributed by atoms with van der Waals surface area (Å²) in [5.41, 5.74) is 0.511. The maximum absolute atomic E-state index is 13.8. The number of hydrogen-bond donors (Lipinski definition) is 7. The van der Waals surface area contributed by atoms with Gasteiger partial charge in [0.2, 0.25) is 29.5 Å². The Hall–Kier alpha value is -4.95. The van der Waals surface area contributed by atoms with Gasteiger partial charge in [-0.1, -0.05) is 32.0 Å². The number of carboxylic acid groups (broad SMARTS) is 1. The van der Waals surface area contributed by atoms with Gasteiger partial charge < -0.3 is 41.4 Å². The van der Waals surface area contributed by atoms with E-state index in [0.29, 0.717) is 5.56 Å². The van der Waals surface area contributed by atoms with Gasteiger partial charge >= 0.3 is 11.9 Å². The highest BCUT2D eigenvalue weighted by atomic mass is 16.6. The third-order valence-corrected chi connectivity index (χ3v) is 7.17. The molecule has 7 N–H and O–H groups in total. The Morgan fingerprint density at radius 2 is 1.37 bits per heavy atom. The molecule has 0 spiro atoms. The van der Waals surface area contributed by atoms with E-state index in [1.54, 1.807) is 40.8 Å². The van der Waals surface area contributed by atoms with Crippen LogP contribution in [0.3, 0.4) is 0 Å². The van der Waals surface area contributed by atoms with E-state index in [4.69, 9.17) is 4.74 Å². The Balaban J connectivity index is 2.06.